The molecule has 2 aliphatic rings. The van der Waals surface area contributed by atoms with Crippen molar-refractivity contribution in [3.05, 3.63) is 23.8 Å². The number of carbonyl (C=O) groups is 1. The number of hydrogen-bond donors (Lipinski definition) is 1. The fourth-order valence-corrected chi connectivity index (χ4v) is 3.68. The molecule has 0 spiro atoms. The summed E-state index contributed by atoms with van der Waals surface area (Å²) in [5.41, 5.74) is 9.12. The Labute approximate surface area is 114 Å². The molecule has 1 atom stereocenters. The number of nitrogen functional groups attached to an aromatic ring is 1. The van der Waals surface area contributed by atoms with Gasteiger partial charge in [0.05, 0.1) is 11.4 Å². The molecule has 0 saturated heterocycles. The Balaban J connectivity index is 1.92. The molecular formula is C16H22N2O. The number of amides is 1. The number of rotatable bonds is 1. The van der Waals surface area contributed by atoms with Crippen LogP contribution in [0.2, 0.25) is 0 Å². The number of nitrogens with two attached hydrogens (primary N) is 1. The normalized spacial score (nSPS) is 24.5. The number of anilines is 2. The summed E-state index contributed by atoms with van der Waals surface area (Å²) in [6.45, 7) is 5.22. The lowest BCUT2D eigenvalue weighted by molar-refractivity contribution is -0.124. The van der Waals surface area contributed by atoms with Crippen LogP contribution in [0.3, 0.4) is 0 Å². The average molecular weight is 258 g/mol. The van der Waals surface area contributed by atoms with E-state index in [9.17, 15) is 4.79 Å². The molecule has 1 aliphatic carbocycles. The van der Waals surface area contributed by atoms with Gasteiger partial charge in [0, 0.05) is 12.5 Å². The van der Waals surface area contributed by atoms with Gasteiger partial charge in [-0.25, -0.2) is 0 Å². The van der Waals surface area contributed by atoms with Gasteiger partial charge in [0.25, 0.3) is 0 Å². The number of carbonyl (C=O) groups excluding carboxylic acids is 1. The molecule has 3 heteroatoms. The van der Waals surface area contributed by atoms with E-state index < -0.39 is 0 Å². The van der Waals surface area contributed by atoms with E-state index in [4.69, 9.17) is 5.73 Å². The molecule has 1 unspecified atom stereocenters. The van der Waals surface area contributed by atoms with Crippen LogP contribution in [-0.4, -0.2) is 12.5 Å². The van der Waals surface area contributed by atoms with Crippen LogP contribution in [0.5, 0.6) is 0 Å². The Morgan fingerprint density at radius 2 is 2.21 bits per heavy atom. The first-order valence-corrected chi connectivity index (χ1v) is 7.19. The van der Waals surface area contributed by atoms with E-state index in [-0.39, 0.29) is 17.2 Å². The maximum atomic E-state index is 12.8. The van der Waals surface area contributed by atoms with Gasteiger partial charge in [-0.05, 0) is 36.3 Å². The van der Waals surface area contributed by atoms with Crippen molar-refractivity contribution in [3.63, 3.8) is 0 Å². The summed E-state index contributed by atoms with van der Waals surface area (Å²) < 4.78 is 0. The highest BCUT2D eigenvalue weighted by atomic mass is 16.2. The van der Waals surface area contributed by atoms with E-state index in [1.54, 1.807) is 0 Å². The first-order chi connectivity index (χ1) is 9.00. The number of nitrogens with zero attached hydrogens (tertiary/aromatic N) is 1. The second-order valence-electron chi connectivity index (χ2n) is 6.53. The zero-order valence-electron chi connectivity index (χ0n) is 11.8. The molecule has 1 heterocycles. The highest BCUT2D eigenvalue weighted by Crippen LogP contribution is 2.45. The predicted molar refractivity (Wildman–Crippen MR) is 78.0 cm³/mol. The summed E-state index contributed by atoms with van der Waals surface area (Å²) in [6.07, 6.45) is 4.26. The average Bonchev–Trinajstić information content (AvgIpc) is 2.92. The number of para-hydroxylation sites is 1. The van der Waals surface area contributed by atoms with Gasteiger partial charge in [0.2, 0.25) is 5.91 Å². The molecule has 102 valence electrons. The van der Waals surface area contributed by atoms with Gasteiger partial charge in [0.15, 0.2) is 0 Å². The molecule has 1 saturated carbocycles. The summed E-state index contributed by atoms with van der Waals surface area (Å²) in [5, 5.41) is 0. The van der Waals surface area contributed by atoms with Gasteiger partial charge >= 0.3 is 0 Å². The molecular weight excluding hydrogens is 236 g/mol. The minimum Gasteiger partial charge on any atom is -0.397 e. The number of hydrogen-bond acceptors (Lipinski definition) is 2. The van der Waals surface area contributed by atoms with E-state index in [2.05, 4.69) is 19.9 Å². The SMILES string of the molecule is CC1(C)CCCC1C(=O)N1CCc2cccc(N)c21. The largest absolute Gasteiger partial charge is 0.397 e. The standard InChI is InChI=1S/C16H22N2O/c1-16(2)9-4-6-12(16)15(19)18-10-8-11-5-3-7-13(17)14(11)18/h3,5,7,12H,4,6,8-10,17H2,1-2H3. The van der Waals surface area contributed by atoms with E-state index in [0.717, 1.165) is 43.6 Å². The van der Waals surface area contributed by atoms with Crippen molar-refractivity contribution in [2.24, 2.45) is 11.3 Å². The monoisotopic (exact) mass is 258 g/mol. The highest BCUT2D eigenvalue weighted by Gasteiger charge is 2.42. The first-order valence-electron chi connectivity index (χ1n) is 7.19. The molecule has 1 fully saturated rings. The summed E-state index contributed by atoms with van der Waals surface area (Å²) in [6, 6.07) is 5.95. The number of benzene rings is 1. The maximum Gasteiger partial charge on any atom is 0.230 e. The Morgan fingerprint density at radius 3 is 2.89 bits per heavy atom. The molecule has 2 N–H and O–H groups in total. The van der Waals surface area contributed by atoms with Crippen LogP contribution in [0.4, 0.5) is 11.4 Å². The van der Waals surface area contributed by atoms with Gasteiger partial charge in [-0.3, -0.25) is 4.79 Å². The third-order valence-corrected chi connectivity index (χ3v) is 4.85. The van der Waals surface area contributed by atoms with Crippen molar-refractivity contribution in [1.29, 1.82) is 0 Å². The molecule has 3 rings (SSSR count). The Kier molecular flexibility index (Phi) is 2.80. The Morgan fingerprint density at radius 1 is 1.42 bits per heavy atom. The summed E-state index contributed by atoms with van der Waals surface area (Å²) in [4.78, 5) is 14.8. The van der Waals surface area contributed by atoms with Crippen LogP contribution in [0.1, 0.15) is 38.7 Å². The third-order valence-electron chi connectivity index (χ3n) is 4.85. The summed E-state index contributed by atoms with van der Waals surface area (Å²) in [5.74, 6) is 0.428. The van der Waals surface area contributed by atoms with Crippen molar-refractivity contribution in [3.8, 4) is 0 Å². The van der Waals surface area contributed by atoms with Crippen molar-refractivity contribution < 1.29 is 4.79 Å². The lowest BCUT2D eigenvalue weighted by atomic mass is 9.81. The molecule has 1 amide bonds. The van der Waals surface area contributed by atoms with Crippen LogP contribution in [-0.2, 0) is 11.2 Å². The summed E-state index contributed by atoms with van der Waals surface area (Å²) in [7, 11) is 0. The van der Waals surface area contributed by atoms with Crippen molar-refractivity contribution in [1.82, 2.24) is 0 Å². The molecule has 0 bridgehead atoms. The molecule has 1 aromatic rings. The zero-order chi connectivity index (χ0) is 13.6. The van der Waals surface area contributed by atoms with Crippen molar-refractivity contribution in [2.75, 3.05) is 17.2 Å². The van der Waals surface area contributed by atoms with E-state index in [0.29, 0.717) is 0 Å². The van der Waals surface area contributed by atoms with Crippen LogP contribution < -0.4 is 10.6 Å². The highest BCUT2D eigenvalue weighted by molar-refractivity contribution is 6.00. The van der Waals surface area contributed by atoms with Crippen molar-refractivity contribution in [2.45, 2.75) is 39.5 Å². The van der Waals surface area contributed by atoms with Gasteiger partial charge < -0.3 is 10.6 Å². The third kappa shape index (κ3) is 1.92. The molecule has 0 radical (unpaired) electrons. The second-order valence-corrected chi connectivity index (χ2v) is 6.53. The Bertz CT molecular complexity index is 521. The molecule has 0 aromatic heterocycles. The van der Waals surface area contributed by atoms with Crippen LogP contribution >= 0.6 is 0 Å². The van der Waals surface area contributed by atoms with E-state index in [1.165, 1.54) is 5.56 Å². The van der Waals surface area contributed by atoms with Crippen LogP contribution in [0.15, 0.2) is 18.2 Å². The van der Waals surface area contributed by atoms with E-state index >= 15 is 0 Å². The lowest BCUT2D eigenvalue weighted by Crippen LogP contribution is -2.39. The number of fused-ring (bicyclic) bond motifs is 1. The minimum absolute atomic E-state index is 0.128. The van der Waals surface area contributed by atoms with Gasteiger partial charge in [-0.15, -0.1) is 0 Å². The fourth-order valence-electron chi connectivity index (χ4n) is 3.68. The lowest BCUT2D eigenvalue weighted by Gasteiger charge is -2.30. The maximum absolute atomic E-state index is 12.8. The van der Waals surface area contributed by atoms with E-state index in [1.807, 2.05) is 17.0 Å². The molecule has 1 aromatic carbocycles. The van der Waals surface area contributed by atoms with Gasteiger partial charge in [-0.2, -0.15) is 0 Å². The van der Waals surface area contributed by atoms with Gasteiger partial charge in [-0.1, -0.05) is 32.4 Å². The molecule has 3 nitrogen and oxygen atoms in total. The topological polar surface area (TPSA) is 46.3 Å². The smallest absolute Gasteiger partial charge is 0.230 e. The second kappa shape index (κ2) is 4.26. The molecule has 1 aliphatic heterocycles. The van der Waals surface area contributed by atoms with Gasteiger partial charge in [0.1, 0.15) is 0 Å². The van der Waals surface area contributed by atoms with Crippen molar-refractivity contribution >= 4 is 17.3 Å². The quantitative estimate of drug-likeness (QED) is 0.787. The fraction of sp³-hybridized carbons (Fsp3) is 0.562. The summed E-state index contributed by atoms with van der Waals surface area (Å²) >= 11 is 0. The molecule has 19 heavy (non-hydrogen) atoms. The predicted octanol–water partition coefficient (Wildman–Crippen LogP) is 2.98. The minimum atomic E-state index is 0.128. The zero-order valence-corrected chi connectivity index (χ0v) is 11.8. The Hall–Kier alpha value is -1.51. The van der Waals surface area contributed by atoms with Crippen LogP contribution in [0, 0.1) is 11.3 Å². The van der Waals surface area contributed by atoms with Crippen LogP contribution in [0.25, 0.3) is 0 Å². The first kappa shape index (κ1) is 12.5.